The highest BCUT2D eigenvalue weighted by molar-refractivity contribution is 5.80. The molecule has 1 aromatic heterocycles. The lowest BCUT2D eigenvalue weighted by Gasteiger charge is -2.22. The molecule has 9 heteroatoms. The van der Waals surface area contributed by atoms with Gasteiger partial charge in [-0.15, -0.1) is 0 Å². The SMILES string of the molecule is C=C(CCC(=O)N1N=CCC1c1cc(F)cc(F)c1)COc1ncc(F)cn1. The van der Waals surface area contributed by atoms with E-state index >= 15 is 0 Å². The average Bonchev–Trinajstić information content (AvgIpc) is 3.15. The van der Waals surface area contributed by atoms with E-state index in [4.69, 9.17) is 4.74 Å². The summed E-state index contributed by atoms with van der Waals surface area (Å²) in [6.45, 7) is 3.89. The molecule has 1 aliphatic heterocycles. The van der Waals surface area contributed by atoms with Crippen LogP contribution in [0, 0.1) is 17.5 Å². The van der Waals surface area contributed by atoms with Gasteiger partial charge >= 0.3 is 6.01 Å². The summed E-state index contributed by atoms with van der Waals surface area (Å²) in [6.07, 6.45) is 4.29. The first-order chi connectivity index (χ1) is 13.4. The molecule has 3 rings (SSSR count). The molecule has 0 spiro atoms. The molecule has 1 amide bonds. The second-order valence-corrected chi connectivity index (χ2v) is 6.21. The smallest absolute Gasteiger partial charge is 0.316 e. The standard InChI is InChI=1S/C19H17F3N4O2/c1-12(11-28-19-23-9-16(22)10-24-19)2-3-18(27)26-17(4-5-25-26)13-6-14(20)8-15(21)7-13/h5-10,17H,1-4,11H2. The Morgan fingerprint density at radius 2 is 1.79 bits per heavy atom. The fraction of sp³-hybridized carbons (Fsp3) is 0.263. The molecule has 1 aromatic carbocycles. The molecule has 1 aliphatic rings. The van der Waals surface area contributed by atoms with Crippen LogP contribution in [0.4, 0.5) is 13.2 Å². The van der Waals surface area contributed by atoms with Crippen LogP contribution in [-0.2, 0) is 4.79 Å². The lowest BCUT2D eigenvalue weighted by atomic mass is 10.0. The molecule has 2 heterocycles. The minimum absolute atomic E-state index is 0.00575. The van der Waals surface area contributed by atoms with Crippen LogP contribution in [0.3, 0.4) is 0 Å². The van der Waals surface area contributed by atoms with E-state index in [0.717, 1.165) is 18.5 Å². The molecule has 146 valence electrons. The molecule has 0 saturated carbocycles. The number of hydrogen-bond donors (Lipinski definition) is 0. The topological polar surface area (TPSA) is 67.7 Å². The van der Waals surface area contributed by atoms with Gasteiger partial charge in [-0.05, 0) is 29.7 Å². The summed E-state index contributed by atoms with van der Waals surface area (Å²) in [4.78, 5) is 19.8. The number of hydrazone groups is 1. The summed E-state index contributed by atoms with van der Waals surface area (Å²) in [5.74, 6) is -2.29. The highest BCUT2D eigenvalue weighted by Crippen LogP contribution is 2.30. The van der Waals surface area contributed by atoms with Crippen molar-refractivity contribution in [2.45, 2.75) is 25.3 Å². The zero-order valence-electron chi connectivity index (χ0n) is 14.8. The zero-order chi connectivity index (χ0) is 20.1. The highest BCUT2D eigenvalue weighted by Gasteiger charge is 2.28. The Labute approximate surface area is 159 Å². The van der Waals surface area contributed by atoms with E-state index in [1.165, 1.54) is 23.4 Å². The van der Waals surface area contributed by atoms with Gasteiger partial charge in [-0.3, -0.25) is 4.79 Å². The van der Waals surface area contributed by atoms with Gasteiger partial charge in [0.15, 0.2) is 5.82 Å². The fourth-order valence-electron chi connectivity index (χ4n) is 2.71. The first kappa shape index (κ1) is 19.5. The Morgan fingerprint density at radius 3 is 2.46 bits per heavy atom. The van der Waals surface area contributed by atoms with E-state index < -0.39 is 23.5 Å². The van der Waals surface area contributed by atoms with E-state index in [0.29, 0.717) is 24.0 Å². The van der Waals surface area contributed by atoms with Crippen LogP contribution >= 0.6 is 0 Å². The molecular weight excluding hydrogens is 373 g/mol. The van der Waals surface area contributed by atoms with Gasteiger partial charge in [0, 0.05) is 25.1 Å². The third-order valence-electron chi connectivity index (χ3n) is 4.05. The monoisotopic (exact) mass is 390 g/mol. The third kappa shape index (κ3) is 4.93. The minimum Gasteiger partial charge on any atom is -0.459 e. The van der Waals surface area contributed by atoms with Crippen LogP contribution < -0.4 is 4.74 Å². The fourth-order valence-corrected chi connectivity index (χ4v) is 2.71. The van der Waals surface area contributed by atoms with Crippen molar-refractivity contribution in [3.8, 4) is 6.01 Å². The van der Waals surface area contributed by atoms with Crippen molar-refractivity contribution in [1.82, 2.24) is 15.0 Å². The van der Waals surface area contributed by atoms with Crippen molar-refractivity contribution < 1.29 is 22.7 Å². The molecule has 1 atom stereocenters. The molecule has 6 nitrogen and oxygen atoms in total. The van der Waals surface area contributed by atoms with Gasteiger partial charge in [0.2, 0.25) is 5.91 Å². The van der Waals surface area contributed by atoms with E-state index in [-0.39, 0.29) is 24.9 Å². The molecule has 0 bridgehead atoms. The number of aromatic nitrogens is 2. The molecular formula is C19H17F3N4O2. The number of carbonyl (C=O) groups is 1. The van der Waals surface area contributed by atoms with Crippen molar-refractivity contribution in [2.24, 2.45) is 5.10 Å². The molecule has 0 fully saturated rings. The van der Waals surface area contributed by atoms with E-state index in [1.807, 2.05) is 0 Å². The van der Waals surface area contributed by atoms with Gasteiger partial charge in [0.25, 0.3) is 0 Å². The number of halogens is 3. The molecule has 28 heavy (non-hydrogen) atoms. The average molecular weight is 390 g/mol. The predicted octanol–water partition coefficient (Wildman–Crippen LogP) is 3.57. The van der Waals surface area contributed by atoms with Crippen molar-refractivity contribution in [1.29, 1.82) is 0 Å². The molecule has 1 unspecified atom stereocenters. The number of amides is 1. The maximum absolute atomic E-state index is 13.5. The van der Waals surface area contributed by atoms with Gasteiger partial charge in [-0.2, -0.15) is 5.10 Å². The van der Waals surface area contributed by atoms with Crippen molar-refractivity contribution >= 4 is 12.1 Å². The summed E-state index contributed by atoms with van der Waals surface area (Å²) in [5, 5.41) is 5.26. The maximum atomic E-state index is 13.5. The van der Waals surface area contributed by atoms with Gasteiger partial charge in [0.05, 0.1) is 18.4 Å². The van der Waals surface area contributed by atoms with E-state index in [9.17, 15) is 18.0 Å². The Hall–Kier alpha value is -3.23. The Bertz CT molecular complexity index is 882. The second kappa shape index (κ2) is 8.64. The summed E-state index contributed by atoms with van der Waals surface area (Å²) < 4.78 is 45.0. The third-order valence-corrected chi connectivity index (χ3v) is 4.05. The molecule has 0 aliphatic carbocycles. The van der Waals surface area contributed by atoms with E-state index in [1.54, 1.807) is 0 Å². The lowest BCUT2D eigenvalue weighted by molar-refractivity contribution is -0.133. The molecule has 0 saturated heterocycles. The van der Waals surface area contributed by atoms with Crippen LogP contribution in [0.5, 0.6) is 6.01 Å². The molecule has 0 radical (unpaired) electrons. The van der Waals surface area contributed by atoms with E-state index in [2.05, 4.69) is 21.6 Å². The van der Waals surface area contributed by atoms with Crippen molar-refractivity contribution in [2.75, 3.05) is 6.61 Å². The van der Waals surface area contributed by atoms with Crippen LogP contribution in [0.15, 0.2) is 47.8 Å². The largest absolute Gasteiger partial charge is 0.459 e. The zero-order valence-corrected chi connectivity index (χ0v) is 14.8. The predicted molar refractivity (Wildman–Crippen MR) is 94.9 cm³/mol. The summed E-state index contributed by atoms with van der Waals surface area (Å²) in [6, 6.07) is 2.62. The van der Waals surface area contributed by atoms with Gasteiger partial charge in [-0.1, -0.05) is 6.58 Å². The Morgan fingerprint density at radius 1 is 1.11 bits per heavy atom. The first-order valence-electron chi connectivity index (χ1n) is 8.50. The summed E-state index contributed by atoms with van der Waals surface area (Å²) >= 11 is 0. The van der Waals surface area contributed by atoms with Crippen LogP contribution in [0.1, 0.15) is 30.9 Å². The molecule has 0 N–H and O–H groups in total. The number of ether oxygens (including phenoxy) is 1. The number of rotatable bonds is 7. The van der Waals surface area contributed by atoms with Gasteiger partial charge < -0.3 is 4.74 Å². The maximum Gasteiger partial charge on any atom is 0.316 e. The number of hydrogen-bond acceptors (Lipinski definition) is 5. The summed E-state index contributed by atoms with van der Waals surface area (Å²) in [5.41, 5.74) is 0.955. The Balaban J connectivity index is 1.52. The molecule has 2 aromatic rings. The number of benzene rings is 1. The Kier molecular flexibility index (Phi) is 6.03. The quantitative estimate of drug-likeness (QED) is 0.678. The normalized spacial score (nSPS) is 15.7. The number of carbonyl (C=O) groups excluding carboxylic acids is 1. The highest BCUT2D eigenvalue weighted by atomic mass is 19.1. The van der Waals surface area contributed by atoms with Crippen molar-refractivity contribution in [3.63, 3.8) is 0 Å². The minimum atomic E-state index is -0.706. The number of nitrogens with zero attached hydrogens (tertiary/aromatic N) is 4. The first-order valence-corrected chi connectivity index (χ1v) is 8.50. The summed E-state index contributed by atoms with van der Waals surface area (Å²) in [7, 11) is 0. The van der Waals surface area contributed by atoms with Gasteiger partial charge in [0.1, 0.15) is 18.2 Å². The van der Waals surface area contributed by atoms with Crippen molar-refractivity contribution in [3.05, 3.63) is 65.8 Å². The second-order valence-electron chi connectivity index (χ2n) is 6.21. The van der Waals surface area contributed by atoms with Crippen LogP contribution in [0.2, 0.25) is 0 Å². The van der Waals surface area contributed by atoms with Gasteiger partial charge in [-0.25, -0.2) is 28.1 Å². The lowest BCUT2D eigenvalue weighted by Crippen LogP contribution is -2.27. The van der Waals surface area contributed by atoms with Crippen LogP contribution in [0.25, 0.3) is 0 Å². The van der Waals surface area contributed by atoms with Crippen LogP contribution in [-0.4, -0.2) is 33.7 Å².